The van der Waals surface area contributed by atoms with Gasteiger partial charge in [-0.3, -0.25) is 0 Å². The van der Waals surface area contributed by atoms with Gasteiger partial charge in [-0.15, -0.1) is 0 Å². The lowest BCUT2D eigenvalue weighted by Gasteiger charge is -2.12. The van der Waals surface area contributed by atoms with E-state index >= 15 is 0 Å². The van der Waals surface area contributed by atoms with Crippen LogP contribution in [0.2, 0.25) is 0 Å². The van der Waals surface area contributed by atoms with Gasteiger partial charge in [0.2, 0.25) is 0 Å². The second-order valence-electron chi connectivity index (χ2n) is 8.32. The number of nitrogens with zero attached hydrogens (tertiary/aromatic N) is 2. The van der Waals surface area contributed by atoms with Crippen molar-refractivity contribution in [1.82, 2.24) is 9.13 Å². The van der Waals surface area contributed by atoms with Crippen molar-refractivity contribution in [2.45, 2.75) is 27.3 Å². The third-order valence-corrected chi connectivity index (χ3v) is 6.35. The number of hydrogen-bond donors (Lipinski definition) is 0. The van der Waals surface area contributed by atoms with Crippen molar-refractivity contribution in [2.24, 2.45) is 0 Å². The summed E-state index contributed by atoms with van der Waals surface area (Å²) in [5, 5.41) is 5.28. The lowest BCUT2D eigenvalue weighted by atomic mass is 10.1. The van der Waals surface area contributed by atoms with E-state index in [9.17, 15) is 0 Å². The van der Waals surface area contributed by atoms with Gasteiger partial charge in [-0.1, -0.05) is 54.6 Å². The minimum absolute atomic E-state index is 0.942. The zero-order valence-electron chi connectivity index (χ0n) is 17.6. The highest BCUT2D eigenvalue weighted by Gasteiger charge is 2.19. The molecule has 2 aromatic heterocycles. The van der Waals surface area contributed by atoms with Gasteiger partial charge in [-0.2, -0.15) is 0 Å². The number of hydrogen-bond acceptors (Lipinski definition) is 0. The molecule has 0 aliphatic carbocycles. The number of aromatic nitrogens is 2. The first-order valence-electron chi connectivity index (χ1n) is 10.7. The van der Waals surface area contributed by atoms with Crippen LogP contribution in [0.15, 0.2) is 78.9 Å². The van der Waals surface area contributed by atoms with Gasteiger partial charge in [-0.05, 0) is 56.2 Å². The topological polar surface area (TPSA) is 9.86 Å². The van der Waals surface area contributed by atoms with E-state index in [-0.39, 0.29) is 0 Å². The van der Waals surface area contributed by atoms with Crippen molar-refractivity contribution in [2.75, 3.05) is 0 Å². The Hall–Kier alpha value is -3.52. The summed E-state index contributed by atoms with van der Waals surface area (Å²) in [4.78, 5) is 0. The summed E-state index contributed by atoms with van der Waals surface area (Å²) < 4.78 is 4.95. The number of aryl methyl sites for hydroxylation is 3. The monoisotopic (exact) mass is 388 g/mol. The molecule has 6 rings (SSSR count). The molecule has 0 saturated carbocycles. The quantitative estimate of drug-likeness (QED) is 0.290. The lowest BCUT2D eigenvalue weighted by molar-refractivity contribution is 0.828. The van der Waals surface area contributed by atoms with Crippen LogP contribution in [-0.4, -0.2) is 9.13 Å². The molecule has 2 heteroatoms. The van der Waals surface area contributed by atoms with Crippen molar-refractivity contribution in [3.63, 3.8) is 0 Å². The van der Waals surface area contributed by atoms with Gasteiger partial charge >= 0.3 is 0 Å². The zero-order valence-corrected chi connectivity index (χ0v) is 17.6. The number of rotatable bonds is 2. The molecule has 2 nitrogen and oxygen atoms in total. The molecule has 0 unspecified atom stereocenters. The minimum atomic E-state index is 0.942. The summed E-state index contributed by atoms with van der Waals surface area (Å²) in [5.74, 6) is 0. The van der Waals surface area contributed by atoms with Crippen LogP contribution in [0.1, 0.15) is 18.1 Å². The van der Waals surface area contributed by atoms with Crippen molar-refractivity contribution in [3.8, 4) is 5.69 Å². The molecule has 2 heterocycles. The Bertz CT molecular complexity index is 1570. The van der Waals surface area contributed by atoms with E-state index in [1.165, 1.54) is 60.4 Å². The predicted molar refractivity (Wildman–Crippen MR) is 129 cm³/mol. The molecular weight excluding hydrogens is 364 g/mol. The number of benzene rings is 4. The Kier molecular flexibility index (Phi) is 3.61. The van der Waals surface area contributed by atoms with E-state index in [0.29, 0.717) is 0 Å². The van der Waals surface area contributed by atoms with E-state index < -0.39 is 0 Å². The van der Waals surface area contributed by atoms with Crippen molar-refractivity contribution >= 4 is 43.6 Å². The van der Waals surface area contributed by atoms with Gasteiger partial charge in [-0.25, -0.2) is 0 Å². The fraction of sp³-hybridized carbons (Fsp3) is 0.143. The fourth-order valence-electron chi connectivity index (χ4n) is 5.26. The van der Waals surface area contributed by atoms with E-state index in [2.05, 4.69) is 109 Å². The highest BCUT2D eigenvalue weighted by molar-refractivity contribution is 6.23. The first kappa shape index (κ1) is 17.3. The largest absolute Gasteiger partial charge is 0.339 e. The highest BCUT2D eigenvalue weighted by Crippen LogP contribution is 2.40. The SMILES string of the molecule is CCn1c2ccccc2c2ccc3c4ccccc4n(-c4cc(C)cc(C)c4)c3c21. The van der Waals surface area contributed by atoms with Crippen molar-refractivity contribution in [3.05, 3.63) is 90.0 Å². The summed E-state index contributed by atoms with van der Waals surface area (Å²) >= 11 is 0. The molecule has 0 fully saturated rings. The van der Waals surface area contributed by atoms with E-state index in [0.717, 1.165) is 6.54 Å². The van der Waals surface area contributed by atoms with Crippen LogP contribution in [0, 0.1) is 13.8 Å². The Morgan fingerprint density at radius 2 is 1.17 bits per heavy atom. The number of para-hydroxylation sites is 2. The molecule has 0 spiro atoms. The minimum Gasteiger partial charge on any atom is -0.339 e. The third-order valence-electron chi connectivity index (χ3n) is 6.35. The van der Waals surface area contributed by atoms with Crippen LogP contribution in [-0.2, 0) is 6.54 Å². The van der Waals surface area contributed by atoms with Crippen LogP contribution in [0.5, 0.6) is 0 Å². The average molecular weight is 389 g/mol. The van der Waals surface area contributed by atoms with Crippen molar-refractivity contribution < 1.29 is 0 Å². The molecule has 0 aliphatic heterocycles. The smallest absolute Gasteiger partial charge is 0.0785 e. The molecule has 0 amide bonds. The summed E-state index contributed by atoms with van der Waals surface area (Å²) in [6.07, 6.45) is 0. The molecule has 4 aromatic carbocycles. The average Bonchev–Trinajstić information content (AvgIpc) is 3.25. The molecule has 30 heavy (non-hydrogen) atoms. The maximum Gasteiger partial charge on any atom is 0.0785 e. The summed E-state index contributed by atoms with van der Waals surface area (Å²) in [6, 6.07) is 29.0. The van der Waals surface area contributed by atoms with Gasteiger partial charge < -0.3 is 9.13 Å². The van der Waals surface area contributed by atoms with Crippen molar-refractivity contribution in [1.29, 1.82) is 0 Å². The van der Waals surface area contributed by atoms with Crippen LogP contribution < -0.4 is 0 Å². The first-order chi connectivity index (χ1) is 14.7. The maximum atomic E-state index is 2.48. The molecule has 0 atom stereocenters. The standard InChI is InChI=1S/C28H24N2/c1-4-29-25-11-7-5-9-21(25)23-13-14-24-22-10-6-8-12-26(22)30(28(24)27(23)29)20-16-18(2)15-19(3)17-20/h5-17H,4H2,1-3H3. The van der Waals surface area contributed by atoms with E-state index in [1.54, 1.807) is 0 Å². The van der Waals surface area contributed by atoms with Crippen LogP contribution in [0.3, 0.4) is 0 Å². The summed E-state index contributed by atoms with van der Waals surface area (Å²) in [5.41, 5.74) is 9.01. The van der Waals surface area contributed by atoms with Gasteiger partial charge in [0.15, 0.2) is 0 Å². The Morgan fingerprint density at radius 3 is 1.83 bits per heavy atom. The third kappa shape index (κ3) is 2.25. The van der Waals surface area contributed by atoms with E-state index in [4.69, 9.17) is 0 Å². The molecule has 0 radical (unpaired) electrons. The zero-order chi connectivity index (χ0) is 20.4. The Labute approximate surface area is 176 Å². The first-order valence-corrected chi connectivity index (χ1v) is 10.7. The number of fused-ring (bicyclic) bond motifs is 7. The highest BCUT2D eigenvalue weighted by atomic mass is 15.0. The van der Waals surface area contributed by atoms with Crippen LogP contribution in [0.25, 0.3) is 49.3 Å². The molecular formula is C28H24N2. The summed E-state index contributed by atoms with van der Waals surface area (Å²) in [7, 11) is 0. The second kappa shape index (κ2) is 6.24. The predicted octanol–water partition coefficient (Wildman–Crippen LogP) is 7.53. The van der Waals surface area contributed by atoms with Gasteiger partial charge in [0, 0.05) is 39.3 Å². The molecule has 0 saturated heterocycles. The normalized spacial score (nSPS) is 12.0. The maximum absolute atomic E-state index is 2.48. The van der Waals surface area contributed by atoms with E-state index in [1.807, 2.05) is 0 Å². The molecule has 0 bridgehead atoms. The van der Waals surface area contributed by atoms with Crippen LogP contribution in [0.4, 0.5) is 0 Å². The Balaban J connectivity index is 1.93. The Morgan fingerprint density at radius 1 is 0.600 bits per heavy atom. The second-order valence-corrected chi connectivity index (χ2v) is 8.32. The molecule has 6 aromatic rings. The fourth-order valence-corrected chi connectivity index (χ4v) is 5.26. The van der Waals surface area contributed by atoms with Gasteiger partial charge in [0.1, 0.15) is 0 Å². The van der Waals surface area contributed by atoms with Gasteiger partial charge in [0.05, 0.1) is 16.6 Å². The van der Waals surface area contributed by atoms with Crippen LogP contribution >= 0.6 is 0 Å². The molecule has 0 N–H and O–H groups in total. The van der Waals surface area contributed by atoms with Gasteiger partial charge in [0.25, 0.3) is 0 Å². The summed E-state index contributed by atoms with van der Waals surface area (Å²) in [6.45, 7) is 7.55. The molecule has 0 aliphatic rings. The lowest BCUT2D eigenvalue weighted by Crippen LogP contribution is -1.99. The molecule has 146 valence electrons.